The largest absolute Gasteiger partial charge is 0.435 e. The van der Waals surface area contributed by atoms with Crippen LogP contribution in [0.5, 0.6) is 11.6 Å². The van der Waals surface area contributed by atoms with Crippen LogP contribution in [0.2, 0.25) is 0 Å². The summed E-state index contributed by atoms with van der Waals surface area (Å²) in [7, 11) is -3.02. The highest BCUT2D eigenvalue weighted by Crippen LogP contribution is 2.34. The maximum absolute atomic E-state index is 14.6. The van der Waals surface area contributed by atoms with Crippen LogP contribution in [-0.4, -0.2) is 42.1 Å². The summed E-state index contributed by atoms with van der Waals surface area (Å²) < 4.78 is 86.9. The second kappa shape index (κ2) is 9.57. The highest BCUT2D eigenvalue weighted by atomic mass is 32.2. The molecule has 1 aromatic carbocycles. The highest BCUT2D eigenvalue weighted by Gasteiger charge is 2.34. The van der Waals surface area contributed by atoms with E-state index in [9.17, 15) is 26.0 Å². The van der Waals surface area contributed by atoms with Gasteiger partial charge in [0.1, 0.15) is 5.75 Å². The van der Waals surface area contributed by atoms with Gasteiger partial charge < -0.3 is 10.1 Å². The third-order valence-electron chi connectivity index (χ3n) is 4.36. The van der Waals surface area contributed by atoms with E-state index in [-0.39, 0.29) is 5.88 Å². The summed E-state index contributed by atoms with van der Waals surface area (Å²) in [6.45, 7) is 1.11. The van der Waals surface area contributed by atoms with Crippen molar-refractivity contribution in [3.63, 3.8) is 0 Å². The van der Waals surface area contributed by atoms with Crippen LogP contribution in [-0.2, 0) is 10.0 Å². The number of nitrogens with zero attached hydrogens (tertiary/aromatic N) is 3. The first-order chi connectivity index (χ1) is 15.5. The third-order valence-corrected chi connectivity index (χ3v) is 5.70. The van der Waals surface area contributed by atoms with Gasteiger partial charge in [-0.1, -0.05) is 6.92 Å². The number of alkyl halides is 2. The normalized spacial score (nSPS) is 11.8. The molecule has 13 heteroatoms. The summed E-state index contributed by atoms with van der Waals surface area (Å²) in [4.78, 5) is 12.3. The zero-order valence-corrected chi connectivity index (χ0v) is 18.3. The molecule has 3 rings (SSSR count). The molecule has 0 saturated carbocycles. The number of pyridine rings is 1. The molecule has 2 aromatic heterocycles. The number of halogens is 4. The molecule has 0 spiro atoms. The molecule has 3 aromatic rings. The molecule has 8 nitrogen and oxygen atoms in total. The molecular weight excluding hydrogens is 466 g/mol. The van der Waals surface area contributed by atoms with E-state index in [1.165, 1.54) is 12.4 Å². The van der Waals surface area contributed by atoms with E-state index in [2.05, 4.69) is 20.3 Å². The molecule has 0 atom stereocenters. The zero-order chi connectivity index (χ0) is 24.2. The molecule has 2 heterocycles. The maximum atomic E-state index is 14.6. The van der Waals surface area contributed by atoms with Crippen molar-refractivity contribution in [3.05, 3.63) is 54.4 Å². The van der Waals surface area contributed by atoms with Crippen LogP contribution in [0.15, 0.2) is 42.7 Å². The minimum Gasteiger partial charge on any atom is -0.435 e. The van der Waals surface area contributed by atoms with Crippen LogP contribution in [0.25, 0.3) is 11.3 Å². The van der Waals surface area contributed by atoms with Crippen molar-refractivity contribution >= 4 is 21.7 Å². The van der Waals surface area contributed by atoms with Crippen molar-refractivity contribution < 1.29 is 30.7 Å². The Labute approximate surface area is 187 Å². The van der Waals surface area contributed by atoms with Gasteiger partial charge in [-0.05, 0) is 30.3 Å². The summed E-state index contributed by atoms with van der Waals surface area (Å²) in [5.41, 5.74) is -0.0928. The van der Waals surface area contributed by atoms with E-state index in [0.29, 0.717) is 17.2 Å². The van der Waals surface area contributed by atoms with Crippen LogP contribution >= 0.6 is 0 Å². The van der Waals surface area contributed by atoms with Crippen molar-refractivity contribution in [2.75, 3.05) is 22.8 Å². The Balaban J connectivity index is 1.89. The number of sulfonamides is 1. The molecule has 0 amide bonds. The van der Waals surface area contributed by atoms with Crippen LogP contribution in [0.4, 0.5) is 29.2 Å². The number of aromatic nitrogens is 3. The van der Waals surface area contributed by atoms with Gasteiger partial charge in [0, 0.05) is 25.9 Å². The summed E-state index contributed by atoms with van der Waals surface area (Å²) in [6.07, 6.45) is 2.12. The highest BCUT2D eigenvalue weighted by molar-refractivity contribution is 7.92. The monoisotopic (exact) mass is 485 g/mol. The molecule has 2 N–H and O–H groups in total. The number of rotatable bonds is 9. The fourth-order valence-electron chi connectivity index (χ4n) is 2.67. The van der Waals surface area contributed by atoms with E-state index in [0.717, 1.165) is 19.1 Å². The maximum Gasteiger partial charge on any atom is 0.263 e. The Hall–Kier alpha value is -3.48. The number of nitrogens with one attached hydrogen (secondary N) is 2. The Morgan fingerprint density at radius 3 is 2.52 bits per heavy atom. The average Bonchev–Trinajstić information content (AvgIpc) is 2.78. The van der Waals surface area contributed by atoms with E-state index < -0.39 is 51.2 Å². The van der Waals surface area contributed by atoms with E-state index in [1.54, 1.807) is 30.0 Å². The second-order valence-electron chi connectivity index (χ2n) is 6.78. The van der Waals surface area contributed by atoms with Crippen molar-refractivity contribution in [2.45, 2.75) is 19.3 Å². The topological polar surface area (TPSA) is 106 Å². The van der Waals surface area contributed by atoms with Gasteiger partial charge in [-0.15, -0.1) is 0 Å². The number of ether oxygens (including phenoxy) is 1. The number of hydrogen-bond donors (Lipinski definition) is 2. The lowest BCUT2D eigenvalue weighted by Gasteiger charge is -2.16. The molecule has 0 aliphatic heterocycles. The summed E-state index contributed by atoms with van der Waals surface area (Å²) in [6, 6.07) is 6.55. The summed E-state index contributed by atoms with van der Waals surface area (Å²) >= 11 is 0. The summed E-state index contributed by atoms with van der Waals surface area (Å²) in [5.74, 6) is -8.64. The quantitative estimate of drug-likeness (QED) is 0.432. The Morgan fingerprint density at radius 1 is 1.06 bits per heavy atom. The van der Waals surface area contributed by atoms with Crippen molar-refractivity contribution in [1.29, 1.82) is 0 Å². The van der Waals surface area contributed by atoms with Gasteiger partial charge in [0.2, 0.25) is 27.7 Å². The average molecular weight is 485 g/mol. The molecule has 0 unspecified atom stereocenters. The molecule has 33 heavy (non-hydrogen) atoms. The summed E-state index contributed by atoms with van der Waals surface area (Å²) in [5, 5.41) is 2.77. The number of benzene rings is 1. The Kier molecular flexibility index (Phi) is 7.01. The molecule has 176 valence electrons. The molecule has 0 saturated heterocycles. The molecular formula is C20H19F4N5O3S. The number of anilines is 2. The van der Waals surface area contributed by atoms with E-state index in [4.69, 9.17) is 4.74 Å². The lowest BCUT2D eigenvalue weighted by molar-refractivity contribution is 0.0219. The smallest absolute Gasteiger partial charge is 0.263 e. The predicted octanol–water partition coefficient (Wildman–Crippen LogP) is 4.44. The van der Waals surface area contributed by atoms with E-state index >= 15 is 0 Å². The van der Waals surface area contributed by atoms with Gasteiger partial charge in [-0.3, -0.25) is 4.72 Å². The molecule has 0 aliphatic rings. The van der Waals surface area contributed by atoms with Crippen molar-refractivity contribution in [1.82, 2.24) is 15.0 Å². The standard InChI is InChI=1S/C20H19F4N5O3S/c1-3-20(23,24)11-33(30,31)29-14-6-7-15(17(22)16(14)21)32-18-12(5-4-9-26-18)13-8-10-27-19(25-2)28-13/h4-10,29H,3,11H2,1-2H3,(H,25,27,28). The van der Waals surface area contributed by atoms with Gasteiger partial charge >= 0.3 is 0 Å². The zero-order valence-electron chi connectivity index (χ0n) is 17.4. The van der Waals surface area contributed by atoms with Crippen molar-refractivity contribution in [2.24, 2.45) is 0 Å². The number of hydrogen-bond acceptors (Lipinski definition) is 7. The van der Waals surface area contributed by atoms with Gasteiger partial charge in [0.05, 0.1) is 16.9 Å². The molecule has 0 bridgehead atoms. The predicted molar refractivity (Wildman–Crippen MR) is 114 cm³/mol. The van der Waals surface area contributed by atoms with Gasteiger partial charge in [-0.2, -0.15) is 4.39 Å². The lowest BCUT2D eigenvalue weighted by Crippen LogP contribution is -2.31. The fourth-order valence-corrected chi connectivity index (χ4v) is 4.00. The van der Waals surface area contributed by atoms with Crippen LogP contribution in [0, 0.1) is 11.6 Å². The van der Waals surface area contributed by atoms with Gasteiger partial charge in [-0.25, -0.2) is 36.5 Å². The first-order valence-electron chi connectivity index (χ1n) is 9.55. The van der Waals surface area contributed by atoms with Crippen LogP contribution in [0.3, 0.4) is 0 Å². The van der Waals surface area contributed by atoms with Crippen molar-refractivity contribution in [3.8, 4) is 22.9 Å². The fraction of sp³-hybridized carbons (Fsp3) is 0.250. The Bertz CT molecular complexity index is 1260. The first-order valence-corrected chi connectivity index (χ1v) is 11.2. The minimum atomic E-state index is -4.64. The molecule has 0 radical (unpaired) electrons. The van der Waals surface area contributed by atoms with Crippen LogP contribution in [0.1, 0.15) is 13.3 Å². The Morgan fingerprint density at radius 2 is 1.82 bits per heavy atom. The van der Waals surface area contributed by atoms with Gasteiger partial charge in [0.15, 0.2) is 11.6 Å². The lowest BCUT2D eigenvalue weighted by atomic mass is 10.2. The second-order valence-corrected chi connectivity index (χ2v) is 8.51. The minimum absolute atomic E-state index is 0.104. The molecule has 0 aliphatic carbocycles. The van der Waals surface area contributed by atoms with E-state index in [1.807, 2.05) is 0 Å². The van der Waals surface area contributed by atoms with Crippen LogP contribution < -0.4 is 14.8 Å². The van der Waals surface area contributed by atoms with Gasteiger partial charge in [0.25, 0.3) is 5.92 Å². The first kappa shape index (κ1) is 24.2. The third kappa shape index (κ3) is 5.86. The molecule has 0 fully saturated rings. The SMILES string of the molecule is CCC(F)(F)CS(=O)(=O)Nc1ccc(Oc2ncccc2-c2ccnc(NC)n2)c(F)c1F.